The van der Waals surface area contributed by atoms with Crippen molar-refractivity contribution in [2.24, 2.45) is 4.99 Å². The van der Waals surface area contributed by atoms with Crippen LogP contribution in [0.5, 0.6) is 0 Å². The lowest BCUT2D eigenvalue weighted by atomic mass is 10.1. The molecule has 0 aromatic heterocycles. The number of allylic oxidation sites excluding steroid dienone is 2. The largest absolute Gasteiger partial charge is 0.434 e. The number of Topliss-reactive ketones (excluding diaryl/α,β-unsaturated/α-hetero) is 1. The molecule has 0 bridgehead atoms. The van der Waals surface area contributed by atoms with E-state index in [1.54, 1.807) is 0 Å². The highest BCUT2D eigenvalue weighted by Crippen LogP contribution is 2.31. The van der Waals surface area contributed by atoms with Gasteiger partial charge in [0, 0.05) is 12.6 Å². The van der Waals surface area contributed by atoms with Crippen molar-refractivity contribution < 1.29 is 18.0 Å². The number of carbonyl (C=O) groups excluding carboxylic acids is 1. The molecular weight excluding hydrogens is 185 g/mol. The molecule has 13 heavy (non-hydrogen) atoms. The number of ketones is 1. The molecular formula is C7H3F3N2O. The molecule has 0 radical (unpaired) electrons. The SMILES string of the molecule is N#CC1=C(C(F)(F)F)N=CCC1=O. The van der Waals surface area contributed by atoms with E-state index < -0.39 is 23.2 Å². The minimum absolute atomic E-state index is 0.248. The summed E-state index contributed by atoms with van der Waals surface area (Å²) >= 11 is 0. The lowest BCUT2D eigenvalue weighted by Crippen LogP contribution is -2.19. The minimum Gasteiger partial charge on any atom is -0.293 e. The Bertz CT molecular complexity index is 346. The highest BCUT2D eigenvalue weighted by atomic mass is 19.4. The van der Waals surface area contributed by atoms with Gasteiger partial charge in [0.15, 0.2) is 11.5 Å². The Morgan fingerprint density at radius 1 is 1.54 bits per heavy atom. The van der Waals surface area contributed by atoms with Crippen LogP contribution >= 0.6 is 0 Å². The molecule has 1 aliphatic heterocycles. The van der Waals surface area contributed by atoms with Gasteiger partial charge in [0.1, 0.15) is 11.6 Å². The van der Waals surface area contributed by atoms with Crippen LogP contribution in [-0.2, 0) is 4.79 Å². The van der Waals surface area contributed by atoms with Crippen LogP contribution in [0.25, 0.3) is 0 Å². The van der Waals surface area contributed by atoms with Crippen molar-refractivity contribution in [1.29, 1.82) is 5.26 Å². The molecule has 1 rings (SSSR count). The van der Waals surface area contributed by atoms with Gasteiger partial charge >= 0.3 is 6.18 Å². The summed E-state index contributed by atoms with van der Waals surface area (Å²) in [7, 11) is 0. The van der Waals surface area contributed by atoms with Crippen LogP contribution in [0, 0.1) is 11.3 Å². The van der Waals surface area contributed by atoms with Gasteiger partial charge in [0.25, 0.3) is 0 Å². The van der Waals surface area contributed by atoms with Gasteiger partial charge in [0.05, 0.1) is 0 Å². The van der Waals surface area contributed by atoms with E-state index in [4.69, 9.17) is 5.26 Å². The molecule has 0 amide bonds. The molecule has 0 aromatic carbocycles. The number of aliphatic imine (C=N–C) groups is 1. The number of rotatable bonds is 0. The Morgan fingerprint density at radius 3 is 2.54 bits per heavy atom. The summed E-state index contributed by atoms with van der Waals surface area (Å²) in [6, 6.07) is 1.21. The third kappa shape index (κ3) is 1.75. The second kappa shape index (κ2) is 3.01. The number of nitrogens with zero attached hydrogens (tertiary/aromatic N) is 2. The smallest absolute Gasteiger partial charge is 0.293 e. The van der Waals surface area contributed by atoms with Crippen LogP contribution in [0.4, 0.5) is 13.2 Å². The standard InChI is InChI=1S/C7H3F3N2O/c8-7(9,10)6-4(3-11)5(13)1-2-12-6/h2H,1H2. The Morgan fingerprint density at radius 2 is 2.15 bits per heavy atom. The van der Waals surface area contributed by atoms with Crippen molar-refractivity contribution in [2.45, 2.75) is 12.6 Å². The van der Waals surface area contributed by atoms with E-state index >= 15 is 0 Å². The molecule has 3 nitrogen and oxygen atoms in total. The van der Waals surface area contributed by atoms with Gasteiger partial charge in [-0.2, -0.15) is 18.4 Å². The van der Waals surface area contributed by atoms with Gasteiger partial charge in [-0.25, -0.2) is 0 Å². The number of hydrogen-bond donors (Lipinski definition) is 0. The van der Waals surface area contributed by atoms with Gasteiger partial charge in [0.2, 0.25) is 0 Å². The molecule has 0 saturated carbocycles. The van der Waals surface area contributed by atoms with E-state index in [2.05, 4.69) is 4.99 Å². The Hall–Kier alpha value is -1.64. The van der Waals surface area contributed by atoms with Gasteiger partial charge in [-0.15, -0.1) is 0 Å². The highest BCUT2D eigenvalue weighted by Gasteiger charge is 2.39. The average molecular weight is 188 g/mol. The first kappa shape index (κ1) is 9.45. The predicted molar refractivity (Wildman–Crippen MR) is 36.8 cm³/mol. The molecule has 68 valence electrons. The summed E-state index contributed by atoms with van der Waals surface area (Å²) in [4.78, 5) is 13.8. The lowest BCUT2D eigenvalue weighted by Gasteiger charge is -2.11. The van der Waals surface area contributed by atoms with Crippen molar-refractivity contribution >= 4 is 12.0 Å². The van der Waals surface area contributed by atoms with Crippen LogP contribution in [0.15, 0.2) is 16.3 Å². The molecule has 0 N–H and O–H groups in total. The summed E-state index contributed by atoms with van der Waals surface area (Å²) in [6.07, 6.45) is -4.13. The second-order valence-corrected chi connectivity index (χ2v) is 2.27. The fourth-order valence-electron chi connectivity index (χ4n) is 0.849. The quantitative estimate of drug-likeness (QED) is 0.576. The fourth-order valence-corrected chi connectivity index (χ4v) is 0.849. The first-order chi connectivity index (χ1) is 5.96. The maximum Gasteiger partial charge on any atom is 0.434 e. The molecule has 0 aliphatic carbocycles. The maximum atomic E-state index is 12.1. The van der Waals surface area contributed by atoms with E-state index in [1.165, 1.54) is 6.07 Å². The highest BCUT2D eigenvalue weighted by molar-refractivity contribution is 6.08. The van der Waals surface area contributed by atoms with Crippen LogP contribution in [0.3, 0.4) is 0 Å². The third-order valence-electron chi connectivity index (χ3n) is 1.39. The predicted octanol–water partition coefficient (Wildman–Crippen LogP) is 1.37. The molecule has 0 unspecified atom stereocenters. The Labute approximate surface area is 71.2 Å². The first-order valence-electron chi connectivity index (χ1n) is 3.24. The number of carbonyl (C=O) groups is 1. The molecule has 1 aliphatic rings. The van der Waals surface area contributed by atoms with Crippen molar-refractivity contribution in [3.8, 4) is 6.07 Å². The van der Waals surface area contributed by atoms with Crippen LogP contribution < -0.4 is 0 Å². The van der Waals surface area contributed by atoms with Gasteiger partial charge in [-0.1, -0.05) is 0 Å². The van der Waals surface area contributed by atoms with Crippen LogP contribution in [-0.4, -0.2) is 18.2 Å². The van der Waals surface area contributed by atoms with Gasteiger partial charge < -0.3 is 0 Å². The number of halogens is 3. The Balaban J connectivity index is 3.25. The zero-order valence-electron chi connectivity index (χ0n) is 6.22. The maximum absolute atomic E-state index is 12.1. The molecule has 0 atom stereocenters. The fraction of sp³-hybridized carbons (Fsp3) is 0.286. The molecule has 0 fully saturated rings. The van der Waals surface area contributed by atoms with E-state index in [9.17, 15) is 18.0 Å². The lowest BCUT2D eigenvalue weighted by molar-refractivity contribution is -0.116. The average Bonchev–Trinajstić information content (AvgIpc) is 2.02. The minimum atomic E-state index is -4.74. The number of alkyl halides is 3. The van der Waals surface area contributed by atoms with Crippen molar-refractivity contribution in [3.63, 3.8) is 0 Å². The van der Waals surface area contributed by atoms with Crippen molar-refractivity contribution in [2.75, 3.05) is 0 Å². The van der Waals surface area contributed by atoms with Crippen molar-refractivity contribution in [1.82, 2.24) is 0 Å². The van der Waals surface area contributed by atoms with E-state index in [0.29, 0.717) is 0 Å². The molecule has 0 saturated heterocycles. The van der Waals surface area contributed by atoms with E-state index in [0.717, 1.165) is 6.21 Å². The van der Waals surface area contributed by atoms with Crippen molar-refractivity contribution in [3.05, 3.63) is 11.3 Å². The molecule has 1 heterocycles. The van der Waals surface area contributed by atoms with Gasteiger partial charge in [-0.05, 0) is 0 Å². The molecule has 6 heteroatoms. The van der Waals surface area contributed by atoms with Gasteiger partial charge in [-0.3, -0.25) is 9.79 Å². The summed E-state index contributed by atoms with van der Waals surface area (Å²) < 4.78 is 36.2. The first-order valence-corrected chi connectivity index (χ1v) is 3.24. The zero-order chi connectivity index (χ0) is 10.1. The van der Waals surface area contributed by atoms with Crippen LogP contribution in [0.2, 0.25) is 0 Å². The number of hydrogen-bond acceptors (Lipinski definition) is 3. The zero-order valence-corrected chi connectivity index (χ0v) is 6.22. The van der Waals surface area contributed by atoms with E-state index in [1.807, 2.05) is 0 Å². The van der Waals surface area contributed by atoms with Crippen LogP contribution in [0.1, 0.15) is 6.42 Å². The normalized spacial score (nSPS) is 17.5. The second-order valence-electron chi connectivity index (χ2n) is 2.27. The topological polar surface area (TPSA) is 53.2 Å². The summed E-state index contributed by atoms with van der Waals surface area (Å²) in [6.45, 7) is 0. The summed E-state index contributed by atoms with van der Waals surface area (Å²) in [5.74, 6) is -0.843. The molecule has 0 aromatic rings. The third-order valence-corrected chi connectivity index (χ3v) is 1.39. The summed E-state index contributed by atoms with van der Waals surface area (Å²) in [5, 5.41) is 8.29. The monoisotopic (exact) mass is 188 g/mol. The number of nitriles is 1. The Kier molecular flexibility index (Phi) is 2.19. The summed E-state index contributed by atoms with van der Waals surface area (Å²) in [5.41, 5.74) is -2.30. The molecule has 0 spiro atoms. The van der Waals surface area contributed by atoms with E-state index in [-0.39, 0.29) is 6.42 Å².